The molecule has 25 heavy (non-hydrogen) atoms. The van der Waals surface area contributed by atoms with Crippen LogP contribution in [0.3, 0.4) is 0 Å². The average Bonchev–Trinajstić information content (AvgIpc) is 2.51. The molecule has 1 amide bonds. The van der Waals surface area contributed by atoms with E-state index in [-0.39, 0.29) is 17.2 Å². The predicted octanol–water partition coefficient (Wildman–Crippen LogP) is 1.23. The Morgan fingerprint density at radius 1 is 1.16 bits per heavy atom. The smallest absolute Gasteiger partial charge is 0.328 e. The number of alkyl halides is 1. The SMILES string of the molecule is Cc1ccc(S(=O)(=O)NC(CC(C)C)C(=O)NC(CF)C(=O)O)cc1. The lowest BCUT2D eigenvalue weighted by Crippen LogP contribution is -2.52. The molecule has 0 aliphatic rings. The predicted molar refractivity (Wildman–Crippen MR) is 90.3 cm³/mol. The van der Waals surface area contributed by atoms with E-state index in [0.717, 1.165) is 5.56 Å². The number of aliphatic carboxylic acids is 1. The summed E-state index contributed by atoms with van der Waals surface area (Å²) in [7, 11) is -3.98. The summed E-state index contributed by atoms with van der Waals surface area (Å²) in [4.78, 5) is 23.1. The number of amides is 1. The summed E-state index contributed by atoms with van der Waals surface area (Å²) in [6.45, 7) is 4.08. The third-order valence-corrected chi connectivity index (χ3v) is 4.91. The molecule has 140 valence electrons. The largest absolute Gasteiger partial charge is 0.480 e. The van der Waals surface area contributed by atoms with Crippen molar-refractivity contribution in [2.24, 2.45) is 5.92 Å². The number of aryl methyl sites for hydroxylation is 1. The lowest BCUT2D eigenvalue weighted by Gasteiger charge is -2.21. The van der Waals surface area contributed by atoms with Gasteiger partial charge in [0.25, 0.3) is 0 Å². The standard InChI is InChI=1S/C16H23FN2O5S/c1-10(2)8-13(15(20)18-14(9-17)16(21)22)19-25(23,24)12-6-4-11(3)5-7-12/h4-7,10,13-14,19H,8-9H2,1-3H3,(H,18,20)(H,21,22). The first-order valence-corrected chi connectivity index (χ1v) is 9.23. The topological polar surface area (TPSA) is 113 Å². The minimum Gasteiger partial charge on any atom is -0.480 e. The molecule has 0 bridgehead atoms. The molecule has 0 radical (unpaired) electrons. The molecule has 0 aliphatic carbocycles. The molecule has 7 nitrogen and oxygen atoms in total. The van der Waals surface area contributed by atoms with Crippen molar-refractivity contribution in [3.05, 3.63) is 29.8 Å². The highest BCUT2D eigenvalue weighted by molar-refractivity contribution is 7.89. The number of hydrogen-bond acceptors (Lipinski definition) is 4. The molecule has 0 aliphatic heterocycles. The number of carboxylic acids is 1. The maximum Gasteiger partial charge on any atom is 0.328 e. The Balaban J connectivity index is 3.00. The van der Waals surface area contributed by atoms with E-state index >= 15 is 0 Å². The number of carbonyl (C=O) groups excluding carboxylic acids is 1. The van der Waals surface area contributed by atoms with Gasteiger partial charge in [-0.3, -0.25) is 4.79 Å². The fourth-order valence-electron chi connectivity index (χ4n) is 2.09. The number of benzene rings is 1. The van der Waals surface area contributed by atoms with Crippen molar-refractivity contribution in [2.75, 3.05) is 6.67 Å². The van der Waals surface area contributed by atoms with Crippen LogP contribution in [-0.4, -0.2) is 44.2 Å². The Labute approximate surface area is 146 Å². The molecule has 2 atom stereocenters. The highest BCUT2D eigenvalue weighted by Crippen LogP contribution is 2.13. The van der Waals surface area contributed by atoms with E-state index < -0.39 is 40.7 Å². The quantitative estimate of drug-likeness (QED) is 0.602. The molecule has 2 unspecified atom stereocenters. The second kappa shape index (κ2) is 8.91. The van der Waals surface area contributed by atoms with Gasteiger partial charge in [0.05, 0.1) is 4.90 Å². The molecule has 9 heteroatoms. The molecule has 0 heterocycles. The maximum absolute atomic E-state index is 12.7. The van der Waals surface area contributed by atoms with Gasteiger partial charge < -0.3 is 10.4 Å². The fraction of sp³-hybridized carbons (Fsp3) is 0.500. The van der Waals surface area contributed by atoms with Crippen LogP contribution in [0.5, 0.6) is 0 Å². The molecule has 1 aromatic rings. The number of rotatable bonds is 9. The fourth-order valence-corrected chi connectivity index (χ4v) is 3.30. The van der Waals surface area contributed by atoms with Crippen molar-refractivity contribution in [1.82, 2.24) is 10.0 Å². The molecule has 1 aromatic carbocycles. The van der Waals surface area contributed by atoms with Crippen molar-refractivity contribution in [1.29, 1.82) is 0 Å². The normalized spacial score (nSPS) is 14.1. The van der Waals surface area contributed by atoms with Gasteiger partial charge in [0, 0.05) is 0 Å². The van der Waals surface area contributed by atoms with Gasteiger partial charge in [0.1, 0.15) is 12.7 Å². The number of hydrogen-bond donors (Lipinski definition) is 3. The van der Waals surface area contributed by atoms with Crippen LogP contribution in [0.1, 0.15) is 25.8 Å². The number of nitrogens with one attached hydrogen (secondary N) is 2. The van der Waals surface area contributed by atoms with Crippen molar-refractivity contribution >= 4 is 21.9 Å². The lowest BCUT2D eigenvalue weighted by molar-refractivity contribution is -0.142. The molecule has 0 fully saturated rings. The molecule has 0 saturated heterocycles. The highest BCUT2D eigenvalue weighted by Gasteiger charge is 2.29. The van der Waals surface area contributed by atoms with Crippen molar-refractivity contribution in [2.45, 2.75) is 44.2 Å². The van der Waals surface area contributed by atoms with E-state index in [1.165, 1.54) is 12.1 Å². The van der Waals surface area contributed by atoms with Crippen LogP contribution < -0.4 is 10.0 Å². The van der Waals surface area contributed by atoms with E-state index in [0.29, 0.717) is 0 Å². The minimum atomic E-state index is -3.98. The second-order valence-corrected chi connectivity index (χ2v) is 7.88. The molecule has 1 rings (SSSR count). The number of sulfonamides is 1. The zero-order valence-corrected chi connectivity index (χ0v) is 15.1. The first kappa shape index (κ1) is 21.0. The van der Waals surface area contributed by atoms with Gasteiger partial charge in [-0.05, 0) is 31.4 Å². The van der Waals surface area contributed by atoms with Crippen LogP contribution in [0, 0.1) is 12.8 Å². The van der Waals surface area contributed by atoms with Gasteiger partial charge in [-0.2, -0.15) is 4.72 Å². The summed E-state index contributed by atoms with van der Waals surface area (Å²) < 4.78 is 39.9. The van der Waals surface area contributed by atoms with E-state index in [9.17, 15) is 22.4 Å². The zero-order chi connectivity index (χ0) is 19.2. The van der Waals surface area contributed by atoms with Crippen LogP contribution in [0.15, 0.2) is 29.2 Å². The van der Waals surface area contributed by atoms with Gasteiger partial charge in [0.15, 0.2) is 6.04 Å². The van der Waals surface area contributed by atoms with E-state index in [4.69, 9.17) is 5.11 Å². The van der Waals surface area contributed by atoms with Crippen LogP contribution >= 0.6 is 0 Å². The summed E-state index contributed by atoms with van der Waals surface area (Å²) in [5.41, 5.74) is 0.877. The van der Waals surface area contributed by atoms with E-state index in [1.807, 2.05) is 12.2 Å². The third-order valence-electron chi connectivity index (χ3n) is 3.42. The van der Waals surface area contributed by atoms with Gasteiger partial charge in [-0.1, -0.05) is 31.5 Å². The summed E-state index contributed by atoms with van der Waals surface area (Å²) in [5, 5.41) is 10.8. The van der Waals surface area contributed by atoms with Crippen LogP contribution in [0.2, 0.25) is 0 Å². The van der Waals surface area contributed by atoms with Gasteiger partial charge in [-0.15, -0.1) is 0 Å². The van der Waals surface area contributed by atoms with Crippen LogP contribution in [0.25, 0.3) is 0 Å². The first-order valence-electron chi connectivity index (χ1n) is 7.75. The van der Waals surface area contributed by atoms with Gasteiger partial charge >= 0.3 is 5.97 Å². The molecule has 3 N–H and O–H groups in total. The van der Waals surface area contributed by atoms with Crippen LogP contribution in [0.4, 0.5) is 4.39 Å². The second-order valence-electron chi connectivity index (χ2n) is 6.17. The molecule has 0 aromatic heterocycles. The minimum absolute atomic E-state index is 0.0140. The monoisotopic (exact) mass is 374 g/mol. The Bertz CT molecular complexity index is 704. The Kier molecular flexibility index (Phi) is 7.50. The number of halogens is 1. The number of carbonyl (C=O) groups is 2. The van der Waals surface area contributed by atoms with Crippen molar-refractivity contribution < 1.29 is 27.5 Å². The summed E-state index contributed by atoms with van der Waals surface area (Å²) >= 11 is 0. The molecule has 0 saturated carbocycles. The van der Waals surface area contributed by atoms with E-state index in [1.54, 1.807) is 26.0 Å². The third kappa shape index (κ3) is 6.43. The molecular weight excluding hydrogens is 351 g/mol. The van der Waals surface area contributed by atoms with Crippen molar-refractivity contribution in [3.63, 3.8) is 0 Å². The summed E-state index contributed by atoms with van der Waals surface area (Å²) in [6.07, 6.45) is 0.134. The van der Waals surface area contributed by atoms with Crippen molar-refractivity contribution in [3.8, 4) is 0 Å². The van der Waals surface area contributed by atoms with E-state index in [2.05, 4.69) is 4.72 Å². The van der Waals surface area contributed by atoms with Gasteiger partial charge in [-0.25, -0.2) is 17.6 Å². The summed E-state index contributed by atoms with van der Waals surface area (Å²) in [5.74, 6) is -2.46. The maximum atomic E-state index is 12.7. The molecular formula is C16H23FN2O5S. The first-order chi connectivity index (χ1) is 11.6. The molecule has 0 spiro atoms. The Morgan fingerprint density at radius 3 is 2.16 bits per heavy atom. The average molecular weight is 374 g/mol. The Hall–Kier alpha value is -2.00. The highest BCUT2D eigenvalue weighted by atomic mass is 32.2. The lowest BCUT2D eigenvalue weighted by atomic mass is 10.0. The van der Waals surface area contributed by atoms with Crippen LogP contribution in [-0.2, 0) is 19.6 Å². The number of carboxylic acid groups (broad SMARTS) is 1. The van der Waals surface area contributed by atoms with Gasteiger partial charge in [0.2, 0.25) is 15.9 Å². The Morgan fingerprint density at radius 2 is 1.72 bits per heavy atom. The summed E-state index contributed by atoms with van der Waals surface area (Å²) in [6, 6.07) is 3.13. The zero-order valence-electron chi connectivity index (χ0n) is 14.3.